The standard InChI is InChI=1S/C19H20N4O3/c1-12-7-16(26-23-12)8-14-10-25-11-18(14)22-19(24)21-15-5-4-13-3-2-6-20-17(13)9-15/h2-7,9,14,18H,8,10-11H2,1H3,(H2,21,22,24)/t14-,18+/m1/s1. The van der Waals surface area contributed by atoms with Crippen LogP contribution >= 0.6 is 0 Å². The van der Waals surface area contributed by atoms with Gasteiger partial charge >= 0.3 is 6.03 Å². The summed E-state index contributed by atoms with van der Waals surface area (Å²) < 4.78 is 10.8. The second kappa shape index (κ2) is 7.13. The fraction of sp³-hybridized carbons (Fsp3) is 0.316. The number of fused-ring (bicyclic) bond motifs is 1. The molecule has 4 rings (SSSR count). The number of urea groups is 1. The van der Waals surface area contributed by atoms with Gasteiger partial charge in [0.2, 0.25) is 0 Å². The number of nitrogens with zero attached hydrogens (tertiary/aromatic N) is 2. The molecule has 3 aromatic rings. The fourth-order valence-electron chi connectivity index (χ4n) is 3.21. The Morgan fingerprint density at radius 1 is 1.27 bits per heavy atom. The summed E-state index contributed by atoms with van der Waals surface area (Å²) in [5.74, 6) is 0.970. The van der Waals surface area contributed by atoms with Crippen molar-refractivity contribution in [1.29, 1.82) is 0 Å². The minimum Gasteiger partial charge on any atom is -0.379 e. The maximum atomic E-state index is 12.4. The third-order valence-electron chi connectivity index (χ3n) is 4.52. The van der Waals surface area contributed by atoms with E-state index in [-0.39, 0.29) is 18.0 Å². The Morgan fingerprint density at radius 2 is 2.19 bits per heavy atom. The molecule has 7 heteroatoms. The van der Waals surface area contributed by atoms with Crippen molar-refractivity contribution >= 4 is 22.6 Å². The Morgan fingerprint density at radius 3 is 3.04 bits per heavy atom. The van der Waals surface area contributed by atoms with Crippen molar-refractivity contribution in [3.63, 3.8) is 0 Å². The van der Waals surface area contributed by atoms with Crippen LogP contribution in [0.2, 0.25) is 0 Å². The summed E-state index contributed by atoms with van der Waals surface area (Å²) >= 11 is 0. The molecule has 1 fully saturated rings. The predicted octanol–water partition coefficient (Wildman–Crippen LogP) is 2.91. The van der Waals surface area contributed by atoms with E-state index >= 15 is 0 Å². The van der Waals surface area contributed by atoms with Crippen LogP contribution in [0, 0.1) is 12.8 Å². The highest BCUT2D eigenvalue weighted by molar-refractivity contribution is 5.92. The van der Waals surface area contributed by atoms with Crippen molar-refractivity contribution in [2.45, 2.75) is 19.4 Å². The first kappa shape index (κ1) is 16.5. The number of carbonyl (C=O) groups excluding carboxylic acids is 1. The van der Waals surface area contributed by atoms with Gasteiger partial charge in [-0.25, -0.2) is 4.79 Å². The van der Waals surface area contributed by atoms with Gasteiger partial charge in [-0.05, 0) is 25.1 Å². The molecular formula is C19H20N4O3. The van der Waals surface area contributed by atoms with Crippen LogP contribution in [-0.2, 0) is 11.2 Å². The van der Waals surface area contributed by atoms with Gasteiger partial charge < -0.3 is 19.9 Å². The number of ether oxygens (including phenoxy) is 1. The first-order chi connectivity index (χ1) is 12.7. The second-order valence-corrected chi connectivity index (χ2v) is 6.55. The van der Waals surface area contributed by atoms with Crippen LogP contribution in [0.1, 0.15) is 11.5 Å². The summed E-state index contributed by atoms with van der Waals surface area (Å²) in [4.78, 5) is 16.7. The number of aryl methyl sites for hydroxylation is 1. The van der Waals surface area contributed by atoms with Crippen LogP contribution < -0.4 is 10.6 Å². The molecule has 0 aliphatic carbocycles. The zero-order chi connectivity index (χ0) is 17.9. The molecule has 1 aliphatic rings. The molecule has 0 spiro atoms. The molecule has 2 amide bonds. The van der Waals surface area contributed by atoms with Crippen LogP contribution in [0.25, 0.3) is 10.9 Å². The molecule has 134 valence electrons. The van der Waals surface area contributed by atoms with Gasteiger partial charge in [0.15, 0.2) is 0 Å². The van der Waals surface area contributed by atoms with Gasteiger partial charge in [-0.3, -0.25) is 4.98 Å². The smallest absolute Gasteiger partial charge is 0.319 e. The predicted molar refractivity (Wildman–Crippen MR) is 96.9 cm³/mol. The van der Waals surface area contributed by atoms with E-state index in [2.05, 4.69) is 20.8 Å². The number of rotatable bonds is 4. The van der Waals surface area contributed by atoms with Crippen molar-refractivity contribution in [2.75, 3.05) is 18.5 Å². The lowest BCUT2D eigenvalue weighted by molar-refractivity contribution is 0.181. The highest BCUT2D eigenvalue weighted by Crippen LogP contribution is 2.21. The van der Waals surface area contributed by atoms with Crippen LogP contribution in [0.4, 0.5) is 10.5 Å². The van der Waals surface area contributed by atoms with E-state index < -0.39 is 0 Å². The number of carbonyl (C=O) groups is 1. The van der Waals surface area contributed by atoms with Crippen LogP contribution in [0.3, 0.4) is 0 Å². The van der Waals surface area contributed by atoms with Gasteiger partial charge in [0.25, 0.3) is 0 Å². The average Bonchev–Trinajstić information content (AvgIpc) is 3.24. The maximum Gasteiger partial charge on any atom is 0.319 e. The first-order valence-corrected chi connectivity index (χ1v) is 8.59. The third-order valence-corrected chi connectivity index (χ3v) is 4.52. The molecule has 2 atom stereocenters. The average molecular weight is 352 g/mol. The third kappa shape index (κ3) is 3.67. The highest BCUT2D eigenvalue weighted by Gasteiger charge is 2.30. The monoisotopic (exact) mass is 352 g/mol. The molecule has 0 saturated carbocycles. The molecule has 2 aromatic heterocycles. The van der Waals surface area contributed by atoms with Crippen LogP contribution in [0.5, 0.6) is 0 Å². The lowest BCUT2D eigenvalue weighted by Gasteiger charge is -2.18. The SMILES string of the molecule is Cc1cc(C[C@@H]2COC[C@@H]2NC(=O)Nc2ccc3cccnc3c2)on1. The van der Waals surface area contributed by atoms with Gasteiger partial charge in [0.1, 0.15) is 5.76 Å². The van der Waals surface area contributed by atoms with E-state index in [1.54, 1.807) is 6.20 Å². The molecule has 1 aromatic carbocycles. The van der Waals surface area contributed by atoms with Crippen molar-refractivity contribution < 1.29 is 14.1 Å². The molecule has 7 nitrogen and oxygen atoms in total. The number of hydrogen-bond acceptors (Lipinski definition) is 5. The summed E-state index contributed by atoms with van der Waals surface area (Å²) in [5, 5.41) is 10.8. The van der Waals surface area contributed by atoms with Crippen LogP contribution in [0.15, 0.2) is 47.1 Å². The van der Waals surface area contributed by atoms with Gasteiger partial charge in [-0.1, -0.05) is 17.3 Å². The van der Waals surface area contributed by atoms with Gasteiger partial charge in [-0.2, -0.15) is 0 Å². The zero-order valence-electron chi connectivity index (χ0n) is 14.4. The minimum absolute atomic E-state index is 0.0704. The van der Waals surface area contributed by atoms with Crippen molar-refractivity contribution in [3.05, 3.63) is 54.0 Å². The number of benzene rings is 1. The number of amides is 2. The summed E-state index contributed by atoms with van der Waals surface area (Å²) in [6.07, 6.45) is 2.42. The number of pyridine rings is 1. The van der Waals surface area contributed by atoms with Crippen LogP contribution in [-0.4, -0.2) is 35.4 Å². The topological polar surface area (TPSA) is 89.3 Å². The van der Waals surface area contributed by atoms with E-state index in [1.807, 2.05) is 43.3 Å². The number of nitrogens with one attached hydrogen (secondary N) is 2. The van der Waals surface area contributed by atoms with Gasteiger partial charge in [-0.15, -0.1) is 0 Å². The fourth-order valence-corrected chi connectivity index (χ4v) is 3.21. The summed E-state index contributed by atoms with van der Waals surface area (Å²) in [5.41, 5.74) is 2.40. The summed E-state index contributed by atoms with van der Waals surface area (Å²) in [6.45, 7) is 2.97. The zero-order valence-corrected chi connectivity index (χ0v) is 14.4. The van der Waals surface area contributed by atoms with Crippen molar-refractivity contribution in [1.82, 2.24) is 15.5 Å². The molecule has 0 bridgehead atoms. The van der Waals surface area contributed by atoms with Gasteiger partial charge in [0.05, 0.1) is 30.5 Å². The van der Waals surface area contributed by atoms with E-state index in [9.17, 15) is 4.79 Å². The van der Waals surface area contributed by atoms with E-state index in [4.69, 9.17) is 9.26 Å². The Balaban J connectivity index is 1.38. The Hall–Kier alpha value is -2.93. The molecule has 1 aliphatic heterocycles. The molecule has 1 saturated heterocycles. The molecule has 3 heterocycles. The van der Waals surface area contributed by atoms with Crippen molar-refractivity contribution in [3.8, 4) is 0 Å². The lowest BCUT2D eigenvalue weighted by atomic mass is 9.98. The Bertz CT molecular complexity index is 924. The molecule has 2 N–H and O–H groups in total. The van der Waals surface area contributed by atoms with Gasteiger partial charge in [0, 0.05) is 35.7 Å². The number of anilines is 1. The normalized spacial score (nSPS) is 19.6. The first-order valence-electron chi connectivity index (χ1n) is 8.59. The molecule has 26 heavy (non-hydrogen) atoms. The number of hydrogen-bond donors (Lipinski definition) is 2. The molecule has 0 unspecified atom stereocenters. The quantitative estimate of drug-likeness (QED) is 0.754. The minimum atomic E-state index is -0.255. The largest absolute Gasteiger partial charge is 0.379 e. The van der Waals surface area contributed by atoms with E-state index in [1.165, 1.54) is 0 Å². The van der Waals surface area contributed by atoms with Crippen molar-refractivity contribution in [2.24, 2.45) is 5.92 Å². The summed E-state index contributed by atoms with van der Waals surface area (Å²) in [6, 6.07) is 11.1. The Labute approximate surface area is 150 Å². The lowest BCUT2D eigenvalue weighted by Crippen LogP contribution is -2.42. The second-order valence-electron chi connectivity index (χ2n) is 6.55. The summed E-state index contributed by atoms with van der Waals surface area (Å²) in [7, 11) is 0. The highest BCUT2D eigenvalue weighted by atomic mass is 16.5. The maximum absolute atomic E-state index is 12.4. The number of aromatic nitrogens is 2. The molecule has 0 radical (unpaired) electrons. The van der Waals surface area contributed by atoms with E-state index in [0.29, 0.717) is 25.3 Å². The Kier molecular flexibility index (Phi) is 4.53. The van der Waals surface area contributed by atoms with E-state index in [0.717, 1.165) is 22.4 Å². The molecular weight excluding hydrogens is 332 g/mol.